The van der Waals surface area contributed by atoms with E-state index in [1.54, 1.807) is 12.5 Å². The van der Waals surface area contributed by atoms with Crippen LogP contribution in [-0.2, 0) is 9.53 Å². The Morgan fingerprint density at radius 2 is 1.77 bits per heavy atom. The molecule has 35 heavy (non-hydrogen) atoms. The predicted molar refractivity (Wildman–Crippen MR) is 154 cm³/mol. The second-order valence-corrected chi connectivity index (χ2v) is 15.6. The summed E-state index contributed by atoms with van der Waals surface area (Å²) in [6.45, 7) is 16.4. The van der Waals surface area contributed by atoms with E-state index in [0.717, 1.165) is 36.5 Å². The maximum Gasteiger partial charge on any atom is 0.302 e. The van der Waals surface area contributed by atoms with Gasteiger partial charge in [-0.05, 0) is 97.2 Å². The maximum atomic E-state index is 11.6. The van der Waals surface area contributed by atoms with E-state index in [2.05, 4.69) is 79.5 Å². The van der Waals surface area contributed by atoms with E-state index in [9.17, 15) is 4.79 Å². The van der Waals surface area contributed by atoms with Crippen LogP contribution in [0.1, 0.15) is 106 Å². The van der Waals surface area contributed by atoms with Gasteiger partial charge in [-0.25, -0.2) is 0 Å². The van der Waals surface area contributed by atoms with Crippen molar-refractivity contribution in [3.8, 4) is 0 Å². The highest BCUT2D eigenvalue weighted by Crippen LogP contribution is 2.67. The average molecular weight is 615 g/mol. The van der Waals surface area contributed by atoms with Crippen LogP contribution in [-0.4, -0.2) is 21.7 Å². The number of hydrogen-bond donors (Lipinski definition) is 0. The Kier molecular flexibility index (Phi) is 8.65. The van der Waals surface area contributed by atoms with Crippen molar-refractivity contribution in [1.82, 2.24) is 0 Å². The van der Waals surface area contributed by atoms with Gasteiger partial charge in [-0.2, -0.15) is 0 Å². The van der Waals surface area contributed by atoms with Gasteiger partial charge in [0, 0.05) is 23.0 Å². The zero-order valence-corrected chi connectivity index (χ0v) is 26.5. The quantitative estimate of drug-likeness (QED) is 0.162. The van der Waals surface area contributed by atoms with E-state index in [0.29, 0.717) is 38.2 Å². The van der Waals surface area contributed by atoms with E-state index >= 15 is 0 Å². The lowest BCUT2D eigenvalue weighted by Gasteiger charge is -2.58. The molecule has 0 amide bonds. The minimum absolute atomic E-state index is 0.0970. The van der Waals surface area contributed by atoms with Crippen LogP contribution in [0.2, 0.25) is 0 Å². The van der Waals surface area contributed by atoms with Crippen LogP contribution in [0.15, 0.2) is 11.6 Å². The molecule has 2 nitrogen and oxygen atoms in total. The lowest BCUT2D eigenvalue weighted by atomic mass is 9.47. The van der Waals surface area contributed by atoms with E-state index in [4.69, 9.17) is 4.74 Å². The highest BCUT2D eigenvalue weighted by Gasteiger charge is 2.60. The molecular weight excluding hydrogens is 564 g/mol. The molecule has 3 saturated carbocycles. The molecule has 0 aromatic carbocycles. The van der Waals surface area contributed by atoms with Crippen LogP contribution in [0.4, 0.5) is 0 Å². The fraction of sp³-hybridized carbons (Fsp3) is 0.903. The molecular formula is C31H50Br2O2. The first-order valence-electron chi connectivity index (χ1n) is 14.6. The summed E-state index contributed by atoms with van der Waals surface area (Å²) in [7, 11) is 0. The van der Waals surface area contributed by atoms with Gasteiger partial charge in [-0.15, -0.1) is 0 Å². The van der Waals surface area contributed by atoms with Gasteiger partial charge in [0.1, 0.15) is 6.10 Å². The number of alkyl halides is 2. The van der Waals surface area contributed by atoms with Crippen LogP contribution >= 0.6 is 31.9 Å². The molecule has 0 spiro atoms. The number of ether oxygens (including phenoxy) is 1. The normalized spacial score (nSPS) is 42.2. The Morgan fingerprint density at radius 1 is 1.06 bits per heavy atom. The number of carbonyl (C=O) groups excluding carboxylic acids is 1. The monoisotopic (exact) mass is 612 g/mol. The summed E-state index contributed by atoms with van der Waals surface area (Å²) in [5.74, 6) is 5.28. The van der Waals surface area contributed by atoms with Gasteiger partial charge in [-0.3, -0.25) is 4.79 Å². The highest BCUT2D eigenvalue weighted by molar-refractivity contribution is 9.12. The van der Waals surface area contributed by atoms with Gasteiger partial charge in [-0.1, -0.05) is 91.5 Å². The van der Waals surface area contributed by atoms with Gasteiger partial charge >= 0.3 is 5.97 Å². The molecule has 11 atom stereocenters. The van der Waals surface area contributed by atoms with Crippen LogP contribution in [0.3, 0.4) is 0 Å². The summed E-state index contributed by atoms with van der Waals surface area (Å²) >= 11 is 8.38. The van der Waals surface area contributed by atoms with Crippen LogP contribution in [0, 0.1) is 52.3 Å². The first-order valence-corrected chi connectivity index (χ1v) is 16.4. The van der Waals surface area contributed by atoms with Gasteiger partial charge in [0.15, 0.2) is 0 Å². The Labute approximate surface area is 232 Å². The molecule has 0 N–H and O–H groups in total. The van der Waals surface area contributed by atoms with Crippen LogP contribution in [0.5, 0.6) is 0 Å². The summed E-state index contributed by atoms with van der Waals surface area (Å²) in [5.41, 5.74) is 2.38. The Morgan fingerprint density at radius 3 is 2.40 bits per heavy atom. The van der Waals surface area contributed by atoms with Gasteiger partial charge in [0.2, 0.25) is 0 Å². The largest absolute Gasteiger partial charge is 0.462 e. The first-order chi connectivity index (χ1) is 16.4. The van der Waals surface area contributed by atoms with Gasteiger partial charge in [0.05, 0.1) is 0 Å². The molecule has 4 aliphatic carbocycles. The average Bonchev–Trinajstić information content (AvgIpc) is 3.15. The predicted octanol–water partition coefficient (Wildman–Crippen LogP) is 9.34. The standard InChI is InChI=1S/C31H50Br2O2/c1-8-23(18(2)3)29(33)28(32)19(4)25-11-12-26-24-10-9-21-17-22(35-20(5)34)13-15-30(21,6)27(24)14-16-31(25,26)7/h9,18-19,22-29H,8,10-17H2,1-7H3/t19-,22-,23+,24-,25+,26-,27-,28+,29-,30-,31+/m0/s1. The summed E-state index contributed by atoms with van der Waals surface area (Å²) in [5, 5.41) is 0. The number of carbonyl (C=O) groups is 1. The van der Waals surface area contributed by atoms with Crippen molar-refractivity contribution in [2.75, 3.05) is 0 Å². The van der Waals surface area contributed by atoms with Crippen molar-refractivity contribution in [3.05, 3.63) is 11.6 Å². The Bertz CT molecular complexity index is 808. The minimum atomic E-state index is -0.123. The second kappa shape index (κ2) is 10.7. The van der Waals surface area contributed by atoms with Crippen molar-refractivity contribution in [2.24, 2.45) is 52.3 Å². The van der Waals surface area contributed by atoms with Crippen LogP contribution < -0.4 is 0 Å². The van der Waals surface area contributed by atoms with Crippen molar-refractivity contribution in [2.45, 2.75) is 122 Å². The van der Waals surface area contributed by atoms with Crippen molar-refractivity contribution < 1.29 is 9.53 Å². The van der Waals surface area contributed by atoms with Crippen LogP contribution in [0.25, 0.3) is 0 Å². The molecule has 0 aromatic rings. The molecule has 200 valence electrons. The number of allylic oxidation sites excluding steroid dienone is 1. The highest BCUT2D eigenvalue weighted by atomic mass is 79.9. The third-order valence-electron chi connectivity index (χ3n) is 11.6. The fourth-order valence-corrected chi connectivity index (χ4v) is 11.9. The summed E-state index contributed by atoms with van der Waals surface area (Å²) in [4.78, 5) is 12.6. The number of hydrogen-bond acceptors (Lipinski definition) is 2. The molecule has 0 saturated heterocycles. The lowest BCUT2D eigenvalue weighted by molar-refractivity contribution is -0.148. The van der Waals surface area contributed by atoms with E-state index in [1.807, 2.05) is 0 Å². The molecule has 0 bridgehead atoms. The van der Waals surface area contributed by atoms with E-state index in [-0.39, 0.29) is 12.1 Å². The number of halogens is 2. The number of fused-ring (bicyclic) bond motifs is 5. The maximum absolute atomic E-state index is 11.6. The van der Waals surface area contributed by atoms with Crippen molar-refractivity contribution in [1.29, 1.82) is 0 Å². The zero-order chi connectivity index (χ0) is 25.7. The van der Waals surface area contributed by atoms with Crippen molar-refractivity contribution >= 4 is 37.8 Å². The fourth-order valence-electron chi connectivity index (χ4n) is 9.68. The summed E-state index contributed by atoms with van der Waals surface area (Å²) in [6, 6.07) is 0. The first kappa shape index (κ1) is 28.2. The molecule has 3 fully saturated rings. The second-order valence-electron chi connectivity index (χ2n) is 13.5. The third kappa shape index (κ3) is 4.99. The molecule has 0 aliphatic heterocycles. The van der Waals surface area contributed by atoms with E-state index in [1.165, 1.54) is 44.9 Å². The third-order valence-corrected chi connectivity index (χ3v) is 15.0. The molecule has 0 unspecified atom stereocenters. The molecule has 4 rings (SSSR count). The molecule has 4 aliphatic rings. The summed E-state index contributed by atoms with van der Waals surface area (Å²) in [6.07, 6.45) is 13.9. The minimum Gasteiger partial charge on any atom is -0.462 e. The smallest absolute Gasteiger partial charge is 0.302 e. The van der Waals surface area contributed by atoms with Gasteiger partial charge < -0.3 is 4.74 Å². The van der Waals surface area contributed by atoms with Crippen molar-refractivity contribution in [3.63, 3.8) is 0 Å². The SMILES string of the molecule is CC[C@H](C(C)C)[C@H](Br)[C@H](Br)[C@@H](C)[C@H]1CC[C@H]2[C@@H]3CC=C4C[C@@H](OC(C)=O)CC[C@]4(C)[C@H]3CC[C@]12C. The number of rotatable bonds is 7. The number of esters is 1. The molecule has 4 heteroatoms. The Hall–Kier alpha value is 0.170. The molecule has 0 aromatic heterocycles. The lowest BCUT2D eigenvalue weighted by Crippen LogP contribution is -2.51. The molecule has 0 radical (unpaired) electrons. The van der Waals surface area contributed by atoms with Gasteiger partial charge in [0.25, 0.3) is 0 Å². The van der Waals surface area contributed by atoms with E-state index < -0.39 is 0 Å². The summed E-state index contributed by atoms with van der Waals surface area (Å²) < 4.78 is 5.64. The Balaban J connectivity index is 1.50. The zero-order valence-electron chi connectivity index (χ0n) is 23.3. The molecule has 0 heterocycles. The topological polar surface area (TPSA) is 26.3 Å².